The fourth-order valence-corrected chi connectivity index (χ4v) is 12.0. The van der Waals surface area contributed by atoms with Gasteiger partial charge in [-0.1, -0.05) is 296 Å². The minimum Gasteiger partial charge on any atom is -0.462 e. The Morgan fingerprint density at radius 2 is 0.593 bits per heavy atom. The van der Waals surface area contributed by atoms with Gasteiger partial charge in [0.25, 0.3) is 0 Å². The van der Waals surface area contributed by atoms with Crippen LogP contribution in [0.4, 0.5) is 0 Å². The molecule has 17 nitrogen and oxygen atoms in total. The van der Waals surface area contributed by atoms with Crippen LogP contribution in [-0.2, 0) is 65.4 Å². The van der Waals surface area contributed by atoms with Crippen LogP contribution in [0, 0.1) is 5.92 Å². The number of ether oxygens (including phenoxy) is 4. The maximum Gasteiger partial charge on any atom is 0.472 e. The molecule has 0 aliphatic heterocycles. The number of carbonyl (C=O) groups excluding carboxylic acids is 4. The maximum atomic E-state index is 13.0. The summed E-state index contributed by atoms with van der Waals surface area (Å²) in [6, 6.07) is 0. The smallest absolute Gasteiger partial charge is 0.462 e. The van der Waals surface area contributed by atoms with E-state index in [0.29, 0.717) is 25.7 Å². The minimum absolute atomic E-state index is 0.0853. The molecule has 0 heterocycles. The van der Waals surface area contributed by atoms with Crippen LogP contribution in [0.1, 0.15) is 349 Å². The van der Waals surface area contributed by atoms with Gasteiger partial charge in [-0.25, -0.2) is 9.13 Å². The normalized spacial score (nSPS) is 14.2. The Labute approximate surface area is 554 Å². The van der Waals surface area contributed by atoms with Gasteiger partial charge >= 0.3 is 39.5 Å². The molecule has 0 saturated carbocycles. The Morgan fingerprint density at radius 3 is 0.901 bits per heavy atom. The lowest BCUT2D eigenvalue weighted by Gasteiger charge is -2.21. The summed E-state index contributed by atoms with van der Waals surface area (Å²) in [5.74, 6) is -1.37. The van der Waals surface area contributed by atoms with E-state index in [0.717, 1.165) is 109 Å². The molecule has 0 aliphatic rings. The monoisotopic (exact) mass is 1330 g/mol. The molecule has 0 radical (unpaired) electrons. The van der Waals surface area contributed by atoms with E-state index in [-0.39, 0.29) is 25.7 Å². The van der Waals surface area contributed by atoms with E-state index in [1.54, 1.807) is 0 Å². The Kier molecular flexibility index (Phi) is 63.1. The van der Waals surface area contributed by atoms with Crippen LogP contribution in [0.3, 0.4) is 0 Å². The Bertz CT molecular complexity index is 1850. The summed E-state index contributed by atoms with van der Waals surface area (Å²) in [4.78, 5) is 72.6. The van der Waals surface area contributed by atoms with Gasteiger partial charge in [0.15, 0.2) is 12.2 Å². The van der Waals surface area contributed by atoms with E-state index < -0.39 is 97.5 Å². The largest absolute Gasteiger partial charge is 0.472 e. The molecular weight excluding hydrogens is 1200 g/mol. The van der Waals surface area contributed by atoms with Crippen LogP contribution in [0.2, 0.25) is 0 Å². The summed E-state index contributed by atoms with van der Waals surface area (Å²) in [6.07, 6.45) is 54.8. The molecule has 0 aromatic heterocycles. The second-order valence-electron chi connectivity index (χ2n) is 25.8. The summed E-state index contributed by atoms with van der Waals surface area (Å²) in [5, 5.41) is 10.6. The standard InChI is InChI=1S/C72H136O17P2/c1-6-9-12-15-18-21-24-25-26-27-33-38-43-48-53-58-72(77)89-68(62-83-70(75)56-51-46-41-36-32-29-28-31-34-39-44-49-54-65(4)5)64-87-91(80,81)85-60-66(73)59-84-90(78,79)86-63-67(61-82-69(74)55-50-45-40-35-23-20-17-14-11-8-3)88-71(76)57-52-47-42-37-30-22-19-16-13-10-7-2/h21,24-26,65-68,73H,6-20,22-23,27-64H2,1-5H3,(H,78,79)(H,80,81)/b24-21-,26-25-/t66-,67+,68+/m0/s1. The Morgan fingerprint density at radius 1 is 0.341 bits per heavy atom. The van der Waals surface area contributed by atoms with Gasteiger partial charge in [0, 0.05) is 25.7 Å². The summed E-state index contributed by atoms with van der Waals surface area (Å²) in [7, 11) is -9.91. The van der Waals surface area contributed by atoms with Crippen LogP contribution in [0.25, 0.3) is 0 Å². The molecule has 5 atom stereocenters. The van der Waals surface area contributed by atoms with E-state index in [9.17, 15) is 43.2 Å². The SMILES string of the molecule is CCCCCC/C=C\C=C/CCCCCCCC(=O)O[C@H](COC(=O)CCCCCCCCCCCCCCC(C)C)COP(=O)(O)OC[C@@H](O)COP(=O)(O)OC[C@@H](COC(=O)CCCCCCCCCCCC)OC(=O)CCCCCCCCCCCCC. The van der Waals surface area contributed by atoms with Crippen molar-refractivity contribution in [2.45, 2.75) is 368 Å². The lowest BCUT2D eigenvalue weighted by molar-refractivity contribution is -0.161. The highest BCUT2D eigenvalue weighted by Crippen LogP contribution is 2.45. The third-order valence-corrected chi connectivity index (χ3v) is 18.1. The zero-order valence-corrected chi connectivity index (χ0v) is 60.3. The summed E-state index contributed by atoms with van der Waals surface area (Å²) in [6.45, 7) is 7.19. The van der Waals surface area contributed by atoms with Crippen LogP contribution in [0.5, 0.6) is 0 Å². The highest BCUT2D eigenvalue weighted by atomic mass is 31.2. The van der Waals surface area contributed by atoms with Crippen molar-refractivity contribution < 1.29 is 80.2 Å². The first-order valence-corrected chi connectivity index (χ1v) is 39.9. The van der Waals surface area contributed by atoms with Gasteiger partial charge in [-0.2, -0.15) is 0 Å². The summed E-state index contributed by atoms with van der Waals surface area (Å²) < 4.78 is 68.3. The van der Waals surface area contributed by atoms with Gasteiger partial charge in [-0.3, -0.25) is 37.3 Å². The number of rotatable bonds is 70. The molecular formula is C72H136O17P2. The van der Waals surface area contributed by atoms with Crippen molar-refractivity contribution in [3.63, 3.8) is 0 Å². The van der Waals surface area contributed by atoms with E-state index in [4.69, 9.17) is 37.0 Å². The second kappa shape index (κ2) is 64.9. The van der Waals surface area contributed by atoms with Crippen LogP contribution in [-0.4, -0.2) is 96.7 Å². The average molecular weight is 1340 g/mol. The molecule has 0 rings (SSSR count). The van der Waals surface area contributed by atoms with Crippen molar-refractivity contribution in [1.82, 2.24) is 0 Å². The quantitative estimate of drug-likeness (QED) is 0.0169. The number of aliphatic hydroxyl groups excluding tert-OH is 1. The van der Waals surface area contributed by atoms with E-state index in [1.807, 2.05) is 0 Å². The number of hydrogen-bond acceptors (Lipinski definition) is 15. The number of phosphoric acid groups is 2. The number of unbranched alkanes of at least 4 members (excludes halogenated alkanes) is 39. The first kappa shape index (κ1) is 88.5. The van der Waals surface area contributed by atoms with E-state index in [2.05, 4.69) is 58.9 Å². The van der Waals surface area contributed by atoms with Crippen LogP contribution >= 0.6 is 15.6 Å². The molecule has 536 valence electrons. The molecule has 0 amide bonds. The predicted octanol–water partition coefficient (Wildman–Crippen LogP) is 20.5. The third-order valence-electron chi connectivity index (χ3n) is 16.2. The Balaban J connectivity index is 5.28. The zero-order chi connectivity index (χ0) is 67.0. The molecule has 0 bridgehead atoms. The molecule has 0 saturated heterocycles. The fraction of sp³-hybridized carbons (Fsp3) is 0.889. The molecule has 0 spiro atoms. The second-order valence-corrected chi connectivity index (χ2v) is 28.7. The highest BCUT2D eigenvalue weighted by molar-refractivity contribution is 7.47. The molecule has 0 aliphatic carbocycles. The average Bonchev–Trinajstić information content (AvgIpc) is 3.01. The maximum absolute atomic E-state index is 13.0. The number of phosphoric ester groups is 2. The molecule has 91 heavy (non-hydrogen) atoms. The number of allylic oxidation sites excluding steroid dienone is 4. The zero-order valence-electron chi connectivity index (χ0n) is 58.5. The number of esters is 4. The molecule has 2 unspecified atom stereocenters. The third kappa shape index (κ3) is 66.0. The van der Waals surface area contributed by atoms with Gasteiger partial charge in [0.2, 0.25) is 0 Å². The minimum atomic E-state index is -4.96. The summed E-state index contributed by atoms with van der Waals surface area (Å²) >= 11 is 0. The highest BCUT2D eigenvalue weighted by Gasteiger charge is 2.30. The van der Waals surface area contributed by atoms with E-state index in [1.165, 1.54) is 161 Å². The summed E-state index contributed by atoms with van der Waals surface area (Å²) in [5.41, 5.74) is 0. The molecule has 3 N–H and O–H groups in total. The van der Waals surface area contributed by atoms with Crippen molar-refractivity contribution in [2.75, 3.05) is 39.6 Å². The van der Waals surface area contributed by atoms with Crippen molar-refractivity contribution in [1.29, 1.82) is 0 Å². The first-order chi connectivity index (χ1) is 44.0. The van der Waals surface area contributed by atoms with Crippen molar-refractivity contribution in [3.8, 4) is 0 Å². The van der Waals surface area contributed by atoms with Gasteiger partial charge in [-0.05, 0) is 57.3 Å². The van der Waals surface area contributed by atoms with Crippen molar-refractivity contribution in [3.05, 3.63) is 24.3 Å². The van der Waals surface area contributed by atoms with Gasteiger partial charge in [-0.15, -0.1) is 0 Å². The Hall–Kier alpha value is -2.46. The van der Waals surface area contributed by atoms with Gasteiger partial charge in [0.1, 0.15) is 19.3 Å². The molecule has 0 aromatic carbocycles. The number of hydrogen-bond donors (Lipinski definition) is 3. The van der Waals surface area contributed by atoms with Crippen LogP contribution < -0.4 is 0 Å². The van der Waals surface area contributed by atoms with Crippen molar-refractivity contribution in [2.24, 2.45) is 5.92 Å². The number of carbonyl (C=O) groups is 4. The van der Waals surface area contributed by atoms with Crippen molar-refractivity contribution >= 4 is 39.5 Å². The topological polar surface area (TPSA) is 237 Å². The van der Waals surface area contributed by atoms with Crippen LogP contribution in [0.15, 0.2) is 24.3 Å². The number of aliphatic hydroxyl groups is 1. The van der Waals surface area contributed by atoms with Gasteiger partial charge in [0.05, 0.1) is 26.4 Å². The molecule has 19 heteroatoms. The molecule has 0 aromatic rings. The molecule has 0 fully saturated rings. The fourth-order valence-electron chi connectivity index (χ4n) is 10.5. The van der Waals surface area contributed by atoms with E-state index >= 15 is 0 Å². The first-order valence-electron chi connectivity index (χ1n) is 37.0. The lowest BCUT2D eigenvalue weighted by Crippen LogP contribution is -2.30. The predicted molar refractivity (Wildman–Crippen MR) is 368 cm³/mol. The lowest BCUT2D eigenvalue weighted by atomic mass is 10.0. The van der Waals surface area contributed by atoms with Gasteiger partial charge < -0.3 is 33.8 Å².